The largest absolute Gasteiger partial charge is 0.355 e. The highest BCUT2D eigenvalue weighted by atomic mass is 16.2. The van der Waals surface area contributed by atoms with Crippen LogP contribution in [0.4, 0.5) is 0 Å². The van der Waals surface area contributed by atoms with Crippen molar-refractivity contribution in [2.45, 2.75) is 20.8 Å². The Kier molecular flexibility index (Phi) is 4.52. The molecule has 2 aromatic rings. The van der Waals surface area contributed by atoms with E-state index in [4.69, 9.17) is 0 Å². The van der Waals surface area contributed by atoms with Crippen molar-refractivity contribution in [3.05, 3.63) is 41.1 Å². The number of carbonyl (C=O) groups is 2. The number of nitrogens with zero attached hydrogens (tertiary/aromatic N) is 1. The number of hydrogen-bond acceptors (Lipinski definition) is 3. The molecule has 5 heteroatoms. The maximum atomic E-state index is 12.3. The van der Waals surface area contributed by atoms with Crippen molar-refractivity contribution in [1.29, 1.82) is 0 Å². The lowest BCUT2D eigenvalue weighted by molar-refractivity contribution is -0.118. The molecular weight excluding hydrogens is 266 g/mol. The van der Waals surface area contributed by atoms with Crippen LogP contribution in [0.25, 0.3) is 10.9 Å². The third kappa shape index (κ3) is 3.78. The molecule has 1 heterocycles. The minimum Gasteiger partial charge on any atom is -0.355 e. The van der Waals surface area contributed by atoms with E-state index in [9.17, 15) is 9.59 Å². The van der Waals surface area contributed by atoms with Gasteiger partial charge in [0.2, 0.25) is 5.91 Å². The lowest BCUT2D eigenvalue weighted by Gasteiger charge is -2.10. The SMILES string of the molecule is CC(=O)NCCNC(=O)c1cc(C)nc2ccc(C)cc12. The number of aryl methyl sites for hydroxylation is 2. The summed E-state index contributed by atoms with van der Waals surface area (Å²) in [5.41, 5.74) is 3.32. The van der Waals surface area contributed by atoms with Gasteiger partial charge in [0.05, 0.1) is 11.1 Å². The van der Waals surface area contributed by atoms with Crippen molar-refractivity contribution in [1.82, 2.24) is 15.6 Å². The number of aromatic nitrogens is 1. The van der Waals surface area contributed by atoms with Crippen LogP contribution in [0.5, 0.6) is 0 Å². The van der Waals surface area contributed by atoms with E-state index >= 15 is 0 Å². The summed E-state index contributed by atoms with van der Waals surface area (Å²) in [5, 5.41) is 6.30. The number of carbonyl (C=O) groups excluding carboxylic acids is 2. The molecule has 0 saturated heterocycles. The zero-order valence-electron chi connectivity index (χ0n) is 12.5. The van der Waals surface area contributed by atoms with Crippen LogP contribution in [0.1, 0.15) is 28.5 Å². The van der Waals surface area contributed by atoms with Gasteiger partial charge < -0.3 is 10.6 Å². The molecule has 21 heavy (non-hydrogen) atoms. The highest BCUT2D eigenvalue weighted by molar-refractivity contribution is 6.06. The van der Waals surface area contributed by atoms with Crippen LogP contribution < -0.4 is 10.6 Å². The summed E-state index contributed by atoms with van der Waals surface area (Å²) >= 11 is 0. The molecule has 0 unspecified atom stereocenters. The average molecular weight is 285 g/mol. The number of benzene rings is 1. The van der Waals surface area contributed by atoms with E-state index in [0.29, 0.717) is 18.7 Å². The van der Waals surface area contributed by atoms with Gasteiger partial charge in [0.15, 0.2) is 0 Å². The Bertz CT molecular complexity index is 695. The fraction of sp³-hybridized carbons (Fsp3) is 0.312. The van der Waals surface area contributed by atoms with Gasteiger partial charge in [-0.25, -0.2) is 0 Å². The van der Waals surface area contributed by atoms with Gasteiger partial charge in [0.1, 0.15) is 0 Å². The Morgan fingerprint density at radius 2 is 1.81 bits per heavy atom. The zero-order chi connectivity index (χ0) is 15.4. The second-order valence-electron chi connectivity index (χ2n) is 5.07. The maximum absolute atomic E-state index is 12.3. The standard InChI is InChI=1S/C16H19N3O2/c1-10-4-5-15-13(8-10)14(9-11(2)19-15)16(21)18-7-6-17-12(3)20/h4-5,8-9H,6-7H2,1-3H3,(H,17,20)(H,18,21). The molecule has 2 amide bonds. The molecule has 0 bridgehead atoms. The topological polar surface area (TPSA) is 71.1 Å². The lowest BCUT2D eigenvalue weighted by atomic mass is 10.0. The molecule has 1 aromatic carbocycles. The molecule has 0 atom stereocenters. The Morgan fingerprint density at radius 3 is 2.52 bits per heavy atom. The highest BCUT2D eigenvalue weighted by Gasteiger charge is 2.11. The first kappa shape index (κ1) is 15.0. The first-order valence-electron chi connectivity index (χ1n) is 6.88. The summed E-state index contributed by atoms with van der Waals surface area (Å²) in [7, 11) is 0. The van der Waals surface area contributed by atoms with Crippen LogP contribution >= 0.6 is 0 Å². The van der Waals surface area contributed by atoms with Gasteiger partial charge >= 0.3 is 0 Å². The van der Waals surface area contributed by atoms with Gasteiger partial charge in [-0.2, -0.15) is 0 Å². The lowest BCUT2D eigenvalue weighted by Crippen LogP contribution is -2.33. The first-order valence-corrected chi connectivity index (χ1v) is 6.88. The molecule has 110 valence electrons. The third-order valence-electron chi connectivity index (χ3n) is 3.12. The van der Waals surface area contributed by atoms with Gasteiger partial charge in [-0.3, -0.25) is 14.6 Å². The van der Waals surface area contributed by atoms with Crippen molar-refractivity contribution in [2.75, 3.05) is 13.1 Å². The van der Waals surface area contributed by atoms with Gasteiger partial charge in [-0.05, 0) is 32.0 Å². The summed E-state index contributed by atoms with van der Waals surface area (Å²) in [5.74, 6) is -0.258. The van der Waals surface area contributed by atoms with Crippen molar-refractivity contribution in [2.24, 2.45) is 0 Å². The number of pyridine rings is 1. The summed E-state index contributed by atoms with van der Waals surface area (Å²) in [6, 6.07) is 7.65. The zero-order valence-corrected chi connectivity index (χ0v) is 12.5. The molecule has 0 aliphatic rings. The molecule has 0 aliphatic heterocycles. The van der Waals surface area contributed by atoms with Crippen molar-refractivity contribution in [3.63, 3.8) is 0 Å². The van der Waals surface area contributed by atoms with Gasteiger partial charge in [-0.15, -0.1) is 0 Å². The van der Waals surface area contributed by atoms with Crippen LogP contribution in [-0.4, -0.2) is 29.9 Å². The molecule has 2 rings (SSSR count). The molecule has 0 fully saturated rings. The van der Waals surface area contributed by atoms with E-state index in [1.54, 1.807) is 6.07 Å². The van der Waals surface area contributed by atoms with E-state index in [1.165, 1.54) is 6.92 Å². The molecule has 0 spiro atoms. The molecule has 1 aromatic heterocycles. The second-order valence-corrected chi connectivity index (χ2v) is 5.07. The van der Waals surface area contributed by atoms with E-state index in [-0.39, 0.29) is 11.8 Å². The molecular formula is C16H19N3O2. The Labute approximate surface area is 123 Å². The number of nitrogens with one attached hydrogen (secondary N) is 2. The van der Waals surface area contributed by atoms with Crippen molar-refractivity contribution in [3.8, 4) is 0 Å². The summed E-state index contributed by atoms with van der Waals surface area (Å²) in [4.78, 5) is 27.5. The monoisotopic (exact) mass is 285 g/mol. The summed E-state index contributed by atoms with van der Waals surface area (Å²) in [6.07, 6.45) is 0. The fourth-order valence-electron chi connectivity index (χ4n) is 2.17. The fourth-order valence-corrected chi connectivity index (χ4v) is 2.17. The van der Waals surface area contributed by atoms with Crippen LogP contribution in [0.2, 0.25) is 0 Å². The Hall–Kier alpha value is -2.43. The predicted octanol–water partition coefficient (Wildman–Crippen LogP) is 1.72. The molecule has 0 saturated carbocycles. The van der Waals surface area contributed by atoms with E-state index < -0.39 is 0 Å². The van der Waals surface area contributed by atoms with Crippen LogP contribution in [-0.2, 0) is 4.79 Å². The van der Waals surface area contributed by atoms with Crippen LogP contribution in [0.3, 0.4) is 0 Å². The van der Waals surface area contributed by atoms with Crippen molar-refractivity contribution < 1.29 is 9.59 Å². The number of rotatable bonds is 4. The normalized spacial score (nSPS) is 10.4. The maximum Gasteiger partial charge on any atom is 0.252 e. The van der Waals surface area contributed by atoms with Crippen molar-refractivity contribution >= 4 is 22.7 Å². The Morgan fingerprint density at radius 1 is 1.10 bits per heavy atom. The molecule has 0 aliphatic carbocycles. The Balaban J connectivity index is 2.22. The highest BCUT2D eigenvalue weighted by Crippen LogP contribution is 2.19. The molecule has 0 radical (unpaired) electrons. The summed E-state index contributed by atoms with van der Waals surface area (Å²) in [6.45, 7) is 6.12. The quantitative estimate of drug-likeness (QED) is 0.840. The van der Waals surface area contributed by atoms with E-state index in [1.807, 2.05) is 32.0 Å². The summed E-state index contributed by atoms with van der Waals surface area (Å²) < 4.78 is 0. The second kappa shape index (κ2) is 6.35. The smallest absolute Gasteiger partial charge is 0.252 e. The van der Waals surface area contributed by atoms with Gasteiger partial charge in [0.25, 0.3) is 5.91 Å². The first-order chi connectivity index (χ1) is 9.97. The average Bonchev–Trinajstić information content (AvgIpc) is 2.42. The van der Waals surface area contributed by atoms with E-state index in [0.717, 1.165) is 22.2 Å². The van der Waals surface area contributed by atoms with Gasteiger partial charge in [-0.1, -0.05) is 11.6 Å². The van der Waals surface area contributed by atoms with Gasteiger partial charge in [0, 0.05) is 31.1 Å². The minimum absolute atomic E-state index is 0.106. The van der Waals surface area contributed by atoms with Crippen LogP contribution in [0, 0.1) is 13.8 Å². The van der Waals surface area contributed by atoms with Crippen LogP contribution in [0.15, 0.2) is 24.3 Å². The number of hydrogen-bond donors (Lipinski definition) is 2. The third-order valence-corrected chi connectivity index (χ3v) is 3.12. The predicted molar refractivity (Wildman–Crippen MR) is 82.2 cm³/mol. The molecule has 5 nitrogen and oxygen atoms in total. The molecule has 2 N–H and O–H groups in total. The van der Waals surface area contributed by atoms with E-state index in [2.05, 4.69) is 15.6 Å². The number of amides is 2. The minimum atomic E-state index is -0.151. The number of fused-ring (bicyclic) bond motifs is 1.